The third-order valence-corrected chi connectivity index (χ3v) is 5.93. The van der Waals surface area contributed by atoms with Crippen molar-refractivity contribution in [3.8, 4) is 11.5 Å². The Labute approximate surface area is 180 Å². The van der Waals surface area contributed by atoms with Crippen molar-refractivity contribution < 1.29 is 9.84 Å². The molecule has 1 aliphatic heterocycles. The number of para-hydroxylation sites is 1. The van der Waals surface area contributed by atoms with E-state index in [9.17, 15) is 5.11 Å². The van der Waals surface area contributed by atoms with Gasteiger partial charge in [-0.1, -0.05) is 31.4 Å². The van der Waals surface area contributed by atoms with Crippen LogP contribution in [0.1, 0.15) is 51.0 Å². The van der Waals surface area contributed by atoms with Gasteiger partial charge in [0.05, 0.1) is 7.11 Å². The predicted molar refractivity (Wildman–Crippen MR) is 121 cm³/mol. The Morgan fingerprint density at radius 1 is 1.26 bits per heavy atom. The SMILES string of the molecule is CCNC(=NCCc1cccc(OC)c1O)N1CCC2(CCCCC2)C1.I. The van der Waals surface area contributed by atoms with Crippen molar-refractivity contribution in [2.45, 2.75) is 51.9 Å². The summed E-state index contributed by atoms with van der Waals surface area (Å²) in [4.78, 5) is 7.29. The van der Waals surface area contributed by atoms with Gasteiger partial charge >= 0.3 is 0 Å². The van der Waals surface area contributed by atoms with Gasteiger partial charge in [0.25, 0.3) is 0 Å². The smallest absolute Gasteiger partial charge is 0.193 e. The third-order valence-electron chi connectivity index (χ3n) is 5.93. The lowest BCUT2D eigenvalue weighted by atomic mass is 9.73. The first kappa shape index (κ1) is 22.1. The highest BCUT2D eigenvalue weighted by Gasteiger charge is 2.39. The van der Waals surface area contributed by atoms with Crippen LogP contribution >= 0.6 is 24.0 Å². The van der Waals surface area contributed by atoms with Gasteiger partial charge in [0, 0.05) is 26.2 Å². The van der Waals surface area contributed by atoms with E-state index in [4.69, 9.17) is 9.73 Å². The molecule has 152 valence electrons. The highest BCUT2D eigenvalue weighted by Crippen LogP contribution is 2.43. The van der Waals surface area contributed by atoms with Gasteiger partial charge in [-0.25, -0.2) is 0 Å². The summed E-state index contributed by atoms with van der Waals surface area (Å²) in [6.45, 7) is 5.91. The van der Waals surface area contributed by atoms with Gasteiger partial charge < -0.3 is 20.1 Å². The maximum absolute atomic E-state index is 10.2. The first-order chi connectivity index (χ1) is 12.7. The van der Waals surface area contributed by atoms with Crippen molar-refractivity contribution in [3.05, 3.63) is 23.8 Å². The average Bonchev–Trinajstić information content (AvgIpc) is 3.06. The van der Waals surface area contributed by atoms with E-state index in [1.807, 2.05) is 12.1 Å². The second-order valence-electron chi connectivity index (χ2n) is 7.69. The average molecular weight is 487 g/mol. The molecule has 1 aromatic rings. The number of methoxy groups -OCH3 is 1. The molecule has 1 aliphatic carbocycles. The summed E-state index contributed by atoms with van der Waals surface area (Å²) >= 11 is 0. The third kappa shape index (κ3) is 5.42. The number of aromatic hydroxyl groups is 1. The molecule has 5 nitrogen and oxygen atoms in total. The topological polar surface area (TPSA) is 57.1 Å². The molecular formula is C21H34IN3O2. The minimum Gasteiger partial charge on any atom is -0.504 e. The van der Waals surface area contributed by atoms with Gasteiger partial charge in [-0.15, -0.1) is 24.0 Å². The molecule has 0 unspecified atom stereocenters. The lowest BCUT2D eigenvalue weighted by Crippen LogP contribution is -2.41. The number of benzene rings is 1. The molecule has 6 heteroatoms. The lowest BCUT2D eigenvalue weighted by Gasteiger charge is -2.33. The number of hydrogen-bond acceptors (Lipinski definition) is 3. The van der Waals surface area contributed by atoms with Crippen LogP contribution in [-0.4, -0.2) is 49.3 Å². The van der Waals surface area contributed by atoms with Crippen molar-refractivity contribution in [2.75, 3.05) is 33.3 Å². The molecule has 0 amide bonds. The van der Waals surface area contributed by atoms with Gasteiger partial charge in [-0.05, 0) is 49.7 Å². The molecule has 0 radical (unpaired) electrons. The zero-order valence-corrected chi connectivity index (χ0v) is 19.0. The summed E-state index contributed by atoms with van der Waals surface area (Å²) in [5.41, 5.74) is 1.41. The standard InChI is InChI=1S/C21H33N3O2.HI/c1-3-22-20(24-15-13-21(16-24)11-5-4-6-12-21)23-14-10-17-8-7-9-18(26-2)19(17)25;/h7-9,25H,3-6,10-16H2,1-2H3,(H,22,23);1H. The first-order valence-electron chi connectivity index (χ1n) is 10.1. The normalized spacial score (nSPS) is 19.0. The van der Waals surface area contributed by atoms with Gasteiger partial charge in [-0.2, -0.15) is 0 Å². The van der Waals surface area contributed by atoms with E-state index in [2.05, 4.69) is 17.1 Å². The van der Waals surface area contributed by atoms with Gasteiger partial charge in [0.2, 0.25) is 0 Å². The van der Waals surface area contributed by atoms with Crippen LogP contribution in [0, 0.1) is 5.41 Å². The van der Waals surface area contributed by atoms with Gasteiger partial charge in [0.1, 0.15) is 0 Å². The number of nitrogens with one attached hydrogen (secondary N) is 1. The minimum absolute atomic E-state index is 0. The summed E-state index contributed by atoms with van der Waals surface area (Å²) in [6.07, 6.45) is 8.93. The summed E-state index contributed by atoms with van der Waals surface area (Å²) < 4.78 is 5.19. The molecular weight excluding hydrogens is 453 g/mol. The monoisotopic (exact) mass is 487 g/mol. The second kappa shape index (κ2) is 10.4. The highest BCUT2D eigenvalue weighted by molar-refractivity contribution is 14.0. The fourth-order valence-electron chi connectivity index (χ4n) is 4.47. The maximum Gasteiger partial charge on any atom is 0.193 e. The quantitative estimate of drug-likeness (QED) is 0.372. The van der Waals surface area contributed by atoms with Crippen LogP contribution in [0.15, 0.2) is 23.2 Å². The molecule has 1 saturated heterocycles. The number of phenolic OH excluding ortho intramolecular Hbond substituents is 1. The molecule has 1 spiro atoms. The Balaban J connectivity index is 0.00000261. The molecule has 27 heavy (non-hydrogen) atoms. The first-order valence-corrected chi connectivity index (χ1v) is 10.1. The van der Waals surface area contributed by atoms with E-state index in [-0.39, 0.29) is 29.7 Å². The van der Waals surface area contributed by atoms with Crippen LogP contribution in [0.4, 0.5) is 0 Å². The Hall–Kier alpha value is -1.18. The maximum atomic E-state index is 10.2. The van der Waals surface area contributed by atoms with E-state index < -0.39 is 0 Å². The van der Waals surface area contributed by atoms with Crippen molar-refractivity contribution in [3.63, 3.8) is 0 Å². The number of hydrogen-bond donors (Lipinski definition) is 2. The van der Waals surface area contributed by atoms with Crippen molar-refractivity contribution in [2.24, 2.45) is 10.4 Å². The number of guanidine groups is 1. The van der Waals surface area contributed by atoms with Crippen molar-refractivity contribution >= 4 is 29.9 Å². The van der Waals surface area contributed by atoms with E-state index in [1.54, 1.807) is 13.2 Å². The van der Waals surface area contributed by atoms with Crippen LogP contribution in [0.3, 0.4) is 0 Å². The Morgan fingerprint density at radius 2 is 2.04 bits per heavy atom. The molecule has 1 aromatic carbocycles. The van der Waals surface area contributed by atoms with Gasteiger partial charge in [0.15, 0.2) is 17.5 Å². The fourth-order valence-corrected chi connectivity index (χ4v) is 4.47. The number of nitrogens with zero attached hydrogens (tertiary/aromatic N) is 2. The summed E-state index contributed by atoms with van der Waals surface area (Å²) in [5.74, 6) is 1.78. The largest absolute Gasteiger partial charge is 0.504 e. The molecule has 0 bridgehead atoms. The Kier molecular flexibility index (Phi) is 8.51. The predicted octanol–water partition coefficient (Wildman–Crippen LogP) is 4.18. The van der Waals surface area contributed by atoms with Crippen molar-refractivity contribution in [1.29, 1.82) is 0 Å². The molecule has 3 rings (SSSR count). The Morgan fingerprint density at radius 3 is 2.74 bits per heavy atom. The number of phenols is 1. The number of halogens is 1. The number of rotatable bonds is 5. The molecule has 2 fully saturated rings. The second-order valence-corrected chi connectivity index (χ2v) is 7.69. The fraction of sp³-hybridized carbons (Fsp3) is 0.667. The number of likely N-dealkylation sites (tertiary alicyclic amines) is 1. The Bertz CT molecular complexity index is 630. The summed E-state index contributed by atoms with van der Waals surface area (Å²) in [6, 6.07) is 5.63. The van der Waals surface area contributed by atoms with Crippen molar-refractivity contribution in [1.82, 2.24) is 10.2 Å². The highest BCUT2D eigenvalue weighted by atomic mass is 127. The van der Waals surface area contributed by atoms with E-state index in [0.717, 1.165) is 31.2 Å². The molecule has 1 saturated carbocycles. The lowest BCUT2D eigenvalue weighted by molar-refractivity contribution is 0.203. The summed E-state index contributed by atoms with van der Waals surface area (Å²) in [5, 5.41) is 13.7. The zero-order chi connectivity index (χ0) is 18.4. The molecule has 0 aromatic heterocycles. The molecule has 2 aliphatic rings. The summed E-state index contributed by atoms with van der Waals surface area (Å²) in [7, 11) is 1.58. The van der Waals surface area contributed by atoms with Crippen LogP contribution in [0.25, 0.3) is 0 Å². The zero-order valence-electron chi connectivity index (χ0n) is 16.7. The number of aliphatic imine (C=N–C) groups is 1. The molecule has 2 N–H and O–H groups in total. The molecule has 0 atom stereocenters. The van der Waals surface area contributed by atoms with E-state index in [1.165, 1.54) is 38.5 Å². The van der Waals surface area contributed by atoms with E-state index >= 15 is 0 Å². The van der Waals surface area contributed by atoms with Crippen LogP contribution in [-0.2, 0) is 6.42 Å². The molecule has 1 heterocycles. The van der Waals surface area contributed by atoms with E-state index in [0.29, 0.717) is 24.1 Å². The van der Waals surface area contributed by atoms with Crippen LogP contribution < -0.4 is 10.1 Å². The van der Waals surface area contributed by atoms with Gasteiger partial charge in [-0.3, -0.25) is 4.99 Å². The van der Waals surface area contributed by atoms with Crippen LogP contribution in [0.2, 0.25) is 0 Å². The van der Waals surface area contributed by atoms with Crippen LogP contribution in [0.5, 0.6) is 11.5 Å². The minimum atomic E-state index is 0. The number of ether oxygens (including phenoxy) is 1.